The summed E-state index contributed by atoms with van der Waals surface area (Å²) in [5.41, 5.74) is 19.8. The van der Waals surface area contributed by atoms with E-state index in [0.29, 0.717) is 0 Å². The molecule has 6 heteroatoms. The maximum Gasteiger partial charge on any atom is 0.0995 e. The SMILES string of the molecule is N#Cc1cc2c(c3c1CCC3)c1c3c4c5c(c(C#N)cc4n4c6cc(C#N)c7c(c6c(c6c8c9c(c(C#N)cc8n2c16)CCC9)c34)CCC7)CCC5. The molecule has 242 valence electrons. The Hall–Kier alpha value is -6.34. The lowest BCUT2D eigenvalue weighted by molar-refractivity contribution is 0.912. The van der Waals surface area contributed by atoms with Gasteiger partial charge in [0.25, 0.3) is 0 Å². The zero-order valence-corrected chi connectivity index (χ0v) is 28.5. The van der Waals surface area contributed by atoms with Crippen LogP contribution in [0.4, 0.5) is 0 Å². The number of nitrogens with zero attached hydrogens (tertiary/aromatic N) is 6. The van der Waals surface area contributed by atoms with Crippen molar-refractivity contribution < 1.29 is 0 Å². The second kappa shape index (κ2) is 8.93. The van der Waals surface area contributed by atoms with Gasteiger partial charge in [0.2, 0.25) is 0 Å². The predicted octanol–water partition coefficient (Wildman–Crippen LogP) is 9.43. The van der Waals surface area contributed by atoms with Gasteiger partial charge < -0.3 is 8.80 Å². The Labute approximate surface area is 297 Å². The van der Waals surface area contributed by atoms with E-state index in [1.165, 1.54) is 98.6 Å². The molecule has 4 aliphatic rings. The second-order valence-electron chi connectivity index (χ2n) is 15.8. The maximum atomic E-state index is 10.5. The normalized spacial score (nSPS) is 16.2. The summed E-state index contributed by atoms with van der Waals surface area (Å²) in [6.07, 6.45) is 11.5. The summed E-state index contributed by atoms with van der Waals surface area (Å²) in [7, 11) is 0. The Balaban J connectivity index is 1.46. The van der Waals surface area contributed by atoms with Crippen LogP contribution in [-0.4, -0.2) is 8.80 Å². The molecule has 0 radical (unpaired) electrons. The van der Waals surface area contributed by atoms with Crippen molar-refractivity contribution in [1.29, 1.82) is 21.0 Å². The van der Waals surface area contributed by atoms with Gasteiger partial charge in [-0.25, -0.2) is 0 Å². The first-order valence-corrected chi connectivity index (χ1v) is 18.9. The van der Waals surface area contributed by atoms with E-state index in [1.54, 1.807) is 0 Å². The first kappa shape index (κ1) is 27.4. The van der Waals surface area contributed by atoms with E-state index in [2.05, 4.69) is 57.3 Å². The van der Waals surface area contributed by atoms with Crippen LogP contribution in [-0.2, 0) is 51.4 Å². The fourth-order valence-electron chi connectivity index (χ4n) is 12.2. The van der Waals surface area contributed by atoms with Gasteiger partial charge in [0.1, 0.15) is 0 Å². The summed E-state index contributed by atoms with van der Waals surface area (Å²) < 4.78 is 4.89. The van der Waals surface area contributed by atoms with Crippen LogP contribution in [0.25, 0.3) is 76.2 Å². The molecule has 5 aromatic carbocycles. The third kappa shape index (κ3) is 2.76. The standard InChI is InChI=1S/C46H28N6/c47-17-21-13-33-37(29-9-1-5-25(21)29)41-42-38-30-10-2-6-26(30)23(19-49)15-35(38)52-36-16-24(20-50)28-8-4-12-32(28)40(36)44(46(42)52)43-39-31-11-3-7-27(31)22(18-48)14-34(39)51(33)45(41)43/h13-16H,1-12H2. The van der Waals surface area contributed by atoms with Crippen LogP contribution in [0.3, 0.4) is 0 Å². The number of aromatic nitrogens is 2. The van der Waals surface area contributed by atoms with E-state index in [9.17, 15) is 21.0 Å². The summed E-state index contributed by atoms with van der Waals surface area (Å²) in [5.74, 6) is 0. The number of benzene rings is 5. The Morgan fingerprint density at radius 3 is 0.788 bits per heavy atom. The third-order valence-electron chi connectivity index (χ3n) is 13.9. The Morgan fingerprint density at radius 1 is 0.327 bits per heavy atom. The smallest absolute Gasteiger partial charge is 0.0995 e. The molecule has 0 fully saturated rings. The van der Waals surface area contributed by atoms with Crippen LogP contribution >= 0.6 is 0 Å². The van der Waals surface area contributed by atoms with Crippen molar-refractivity contribution in [3.8, 4) is 24.3 Å². The molecule has 0 bridgehead atoms. The molecule has 52 heavy (non-hydrogen) atoms. The summed E-state index contributed by atoms with van der Waals surface area (Å²) in [6, 6.07) is 18.9. The van der Waals surface area contributed by atoms with Crippen molar-refractivity contribution in [3.05, 3.63) is 91.0 Å². The molecule has 0 N–H and O–H groups in total. The quantitative estimate of drug-likeness (QED) is 0.161. The molecule has 0 saturated carbocycles. The van der Waals surface area contributed by atoms with Gasteiger partial charge >= 0.3 is 0 Å². The van der Waals surface area contributed by atoms with E-state index in [1.807, 2.05) is 0 Å². The van der Waals surface area contributed by atoms with Gasteiger partial charge in [-0.1, -0.05) is 0 Å². The molecule has 6 nitrogen and oxygen atoms in total. The summed E-state index contributed by atoms with van der Waals surface area (Å²) in [6.45, 7) is 0. The topological polar surface area (TPSA) is 104 Å². The lowest BCUT2D eigenvalue weighted by Crippen LogP contribution is -1.94. The Kier molecular flexibility index (Phi) is 4.70. The number of hydrogen-bond donors (Lipinski definition) is 0. The van der Waals surface area contributed by atoms with Crippen molar-refractivity contribution in [2.75, 3.05) is 0 Å². The van der Waals surface area contributed by atoms with Crippen LogP contribution in [0.15, 0.2) is 24.3 Å². The van der Waals surface area contributed by atoms with E-state index in [-0.39, 0.29) is 0 Å². The zero-order valence-electron chi connectivity index (χ0n) is 28.5. The van der Waals surface area contributed by atoms with E-state index in [0.717, 1.165) is 121 Å². The number of nitriles is 4. The lowest BCUT2D eigenvalue weighted by Gasteiger charge is -2.12. The average molecular weight is 665 g/mol. The van der Waals surface area contributed by atoms with Crippen molar-refractivity contribution in [3.63, 3.8) is 0 Å². The van der Waals surface area contributed by atoms with Gasteiger partial charge in [0.15, 0.2) is 0 Å². The largest absolute Gasteiger partial charge is 0.308 e. The van der Waals surface area contributed by atoms with Gasteiger partial charge in [-0.05, 0) is 146 Å². The number of rotatable bonds is 0. The van der Waals surface area contributed by atoms with Crippen LogP contribution in [0.1, 0.15) is 92.4 Å². The first-order chi connectivity index (χ1) is 25.7. The molecule has 0 unspecified atom stereocenters. The van der Waals surface area contributed by atoms with E-state index in [4.69, 9.17) is 0 Å². The average Bonchev–Trinajstić information content (AvgIpc) is 4.01. The highest BCUT2D eigenvalue weighted by Crippen LogP contribution is 2.56. The Morgan fingerprint density at radius 2 is 0.558 bits per heavy atom. The van der Waals surface area contributed by atoms with E-state index >= 15 is 0 Å². The van der Waals surface area contributed by atoms with Crippen molar-refractivity contribution in [2.24, 2.45) is 0 Å². The molecule has 0 atom stereocenters. The highest BCUT2D eigenvalue weighted by molar-refractivity contribution is 6.46. The summed E-state index contributed by atoms with van der Waals surface area (Å²) >= 11 is 0. The van der Waals surface area contributed by atoms with Crippen LogP contribution in [0.2, 0.25) is 0 Å². The fourth-order valence-corrected chi connectivity index (χ4v) is 12.2. The molecular weight excluding hydrogens is 637 g/mol. The molecule has 0 amide bonds. The first-order valence-electron chi connectivity index (χ1n) is 18.9. The number of fused-ring (bicyclic) bond motifs is 22. The Bertz CT molecular complexity index is 3000. The van der Waals surface area contributed by atoms with Crippen molar-refractivity contribution in [2.45, 2.75) is 77.0 Å². The monoisotopic (exact) mass is 664 g/mol. The molecule has 13 rings (SSSR count). The second-order valence-corrected chi connectivity index (χ2v) is 15.8. The van der Waals surface area contributed by atoms with Gasteiger partial charge in [-0.3, -0.25) is 0 Å². The highest BCUT2D eigenvalue weighted by Gasteiger charge is 2.36. The summed E-state index contributed by atoms with van der Waals surface area (Å²) in [5, 5.41) is 52.2. The summed E-state index contributed by atoms with van der Waals surface area (Å²) in [4.78, 5) is 0. The molecule has 9 aromatic rings. The minimum absolute atomic E-state index is 0.772. The van der Waals surface area contributed by atoms with Crippen LogP contribution < -0.4 is 0 Å². The zero-order chi connectivity index (χ0) is 34.3. The van der Waals surface area contributed by atoms with Crippen LogP contribution in [0.5, 0.6) is 0 Å². The minimum atomic E-state index is 0.772. The number of aryl methyl sites for hydroxylation is 4. The van der Waals surface area contributed by atoms with Gasteiger partial charge in [-0.15, -0.1) is 0 Å². The molecule has 0 saturated heterocycles. The number of hydrogen-bond acceptors (Lipinski definition) is 4. The molecule has 0 aliphatic heterocycles. The van der Waals surface area contributed by atoms with E-state index < -0.39 is 0 Å². The van der Waals surface area contributed by atoms with Gasteiger partial charge in [-0.2, -0.15) is 21.0 Å². The molecule has 4 aromatic heterocycles. The third-order valence-corrected chi connectivity index (χ3v) is 13.9. The minimum Gasteiger partial charge on any atom is -0.308 e. The maximum absolute atomic E-state index is 10.5. The van der Waals surface area contributed by atoms with Crippen molar-refractivity contribution >= 4 is 76.2 Å². The predicted molar refractivity (Wildman–Crippen MR) is 203 cm³/mol. The fraction of sp³-hybridized carbons (Fsp3) is 0.261. The molecule has 4 aliphatic carbocycles. The highest BCUT2D eigenvalue weighted by atomic mass is 14.9. The molecule has 0 spiro atoms. The van der Waals surface area contributed by atoms with Crippen LogP contribution in [0, 0.1) is 45.3 Å². The lowest BCUT2D eigenvalue weighted by atomic mass is 9.89. The molecule has 4 heterocycles. The van der Waals surface area contributed by atoms with Gasteiger partial charge in [0, 0.05) is 43.1 Å². The van der Waals surface area contributed by atoms with Gasteiger partial charge in [0.05, 0.1) is 79.6 Å². The molecular formula is C46H28N6. The van der Waals surface area contributed by atoms with Crippen molar-refractivity contribution in [1.82, 2.24) is 8.80 Å².